The first kappa shape index (κ1) is 14.8. The molecule has 1 aromatic rings. The van der Waals surface area contributed by atoms with E-state index in [2.05, 4.69) is 19.2 Å². The molecule has 4 nitrogen and oxygen atoms in total. The van der Waals surface area contributed by atoms with Gasteiger partial charge in [0.1, 0.15) is 5.69 Å². The Morgan fingerprint density at radius 2 is 1.90 bits per heavy atom. The van der Waals surface area contributed by atoms with Crippen molar-refractivity contribution in [2.75, 3.05) is 5.32 Å². The van der Waals surface area contributed by atoms with Crippen molar-refractivity contribution in [1.29, 1.82) is 0 Å². The molecule has 0 spiro atoms. The number of benzene rings is 1. The molecule has 1 saturated carbocycles. The molecule has 0 bridgehead atoms. The second kappa shape index (κ2) is 5.43. The van der Waals surface area contributed by atoms with Crippen molar-refractivity contribution < 1.29 is 4.92 Å². The van der Waals surface area contributed by atoms with Crippen LogP contribution in [0.4, 0.5) is 11.4 Å². The fourth-order valence-electron chi connectivity index (χ4n) is 3.02. The molecule has 0 amide bonds. The van der Waals surface area contributed by atoms with Crippen LogP contribution in [0.15, 0.2) is 12.1 Å². The summed E-state index contributed by atoms with van der Waals surface area (Å²) < 4.78 is 0. The summed E-state index contributed by atoms with van der Waals surface area (Å²) in [6.07, 6.45) is 4.69. The molecule has 1 N–H and O–H groups in total. The first-order valence-electron chi connectivity index (χ1n) is 7.33. The van der Waals surface area contributed by atoms with Gasteiger partial charge in [0.2, 0.25) is 0 Å². The van der Waals surface area contributed by atoms with E-state index in [4.69, 9.17) is 0 Å². The predicted molar refractivity (Wildman–Crippen MR) is 82.2 cm³/mol. The summed E-state index contributed by atoms with van der Waals surface area (Å²) in [5.41, 5.74) is 3.09. The van der Waals surface area contributed by atoms with Gasteiger partial charge < -0.3 is 5.32 Å². The molecule has 1 aliphatic carbocycles. The second-order valence-electron chi connectivity index (χ2n) is 6.64. The van der Waals surface area contributed by atoms with Crippen molar-refractivity contribution in [1.82, 2.24) is 0 Å². The van der Waals surface area contributed by atoms with E-state index in [0.29, 0.717) is 11.7 Å². The number of anilines is 1. The van der Waals surface area contributed by atoms with Crippen LogP contribution in [0.5, 0.6) is 0 Å². The van der Waals surface area contributed by atoms with Crippen LogP contribution in [0.25, 0.3) is 0 Å². The summed E-state index contributed by atoms with van der Waals surface area (Å²) in [4.78, 5) is 11.0. The SMILES string of the molecule is Cc1cc(NC2CCCCC2(C)C)c([N+](=O)[O-])cc1C. The lowest BCUT2D eigenvalue weighted by Gasteiger charge is -2.39. The molecule has 1 aromatic carbocycles. The van der Waals surface area contributed by atoms with E-state index in [1.807, 2.05) is 19.9 Å². The highest BCUT2D eigenvalue weighted by molar-refractivity contribution is 5.65. The molecule has 0 aromatic heterocycles. The zero-order chi connectivity index (χ0) is 14.9. The summed E-state index contributed by atoms with van der Waals surface area (Å²) in [6, 6.07) is 3.89. The Balaban J connectivity index is 2.32. The van der Waals surface area contributed by atoms with E-state index in [0.717, 1.165) is 17.5 Å². The molecule has 2 rings (SSSR count). The standard InChI is InChI=1S/C16H24N2O2/c1-11-9-13(14(18(19)20)10-12(11)2)17-15-7-5-6-8-16(15,3)4/h9-10,15,17H,5-8H2,1-4H3. The summed E-state index contributed by atoms with van der Waals surface area (Å²) in [5, 5.41) is 14.7. The van der Waals surface area contributed by atoms with Crippen molar-refractivity contribution in [2.45, 2.75) is 59.4 Å². The molecular weight excluding hydrogens is 252 g/mol. The normalized spacial score (nSPS) is 21.5. The summed E-state index contributed by atoms with van der Waals surface area (Å²) in [7, 11) is 0. The minimum atomic E-state index is -0.287. The van der Waals surface area contributed by atoms with Gasteiger partial charge in [-0.3, -0.25) is 10.1 Å². The molecular formula is C16H24N2O2. The molecule has 0 heterocycles. The van der Waals surface area contributed by atoms with Gasteiger partial charge in [-0.1, -0.05) is 26.7 Å². The molecule has 0 radical (unpaired) electrons. The summed E-state index contributed by atoms with van der Waals surface area (Å²) in [5.74, 6) is 0. The average Bonchev–Trinajstić information content (AvgIpc) is 2.35. The zero-order valence-corrected chi connectivity index (χ0v) is 12.8. The number of nitro benzene ring substituents is 1. The van der Waals surface area contributed by atoms with Crippen LogP contribution < -0.4 is 5.32 Å². The molecule has 1 unspecified atom stereocenters. The van der Waals surface area contributed by atoms with E-state index in [9.17, 15) is 10.1 Å². The van der Waals surface area contributed by atoms with Crippen LogP contribution in [0.1, 0.15) is 50.7 Å². The van der Waals surface area contributed by atoms with Crippen LogP contribution in [0.2, 0.25) is 0 Å². The van der Waals surface area contributed by atoms with Gasteiger partial charge in [-0.25, -0.2) is 0 Å². The Hall–Kier alpha value is -1.58. The molecule has 4 heteroatoms. The van der Waals surface area contributed by atoms with Gasteiger partial charge in [-0.2, -0.15) is 0 Å². The highest BCUT2D eigenvalue weighted by Crippen LogP contribution is 2.39. The molecule has 1 fully saturated rings. The minimum Gasteiger partial charge on any atom is -0.376 e. The number of hydrogen-bond acceptors (Lipinski definition) is 3. The van der Waals surface area contributed by atoms with Gasteiger partial charge in [-0.05, 0) is 49.3 Å². The molecule has 20 heavy (non-hydrogen) atoms. The number of nitro groups is 1. The third kappa shape index (κ3) is 2.94. The van der Waals surface area contributed by atoms with Crippen LogP contribution in [-0.4, -0.2) is 11.0 Å². The van der Waals surface area contributed by atoms with E-state index >= 15 is 0 Å². The molecule has 0 saturated heterocycles. The van der Waals surface area contributed by atoms with E-state index < -0.39 is 0 Å². The lowest BCUT2D eigenvalue weighted by molar-refractivity contribution is -0.384. The zero-order valence-electron chi connectivity index (χ0n) is 12.8. The third-order valence-electron chi connectivity index (χ3n) is 4.65. The van der Waals surface area contributed by atoms with Gasteiger partial charge in [0, 0.05) is 12.1 Å². The molecule has 1 atom stereocenters. The first-order valence-corrected chi connectivity index (χ1v) is 7.33. The van der Waals surface area contributed by atoms with Crippen molar-refractivity contribution in [3.05, 3.63) is 33.4 Å². The topological polar surface area (TPSA) is 55.2 Å². The smallest absolute Gasteiger partial charge is 0.292 e. The monoisotopic (exact) mass is 276 g/mol. The number of aryl methyl sites for hydroxylation is 2. The largest absolute Gasteiger partial charge is 0.376 e. The quantitative estimate of drug-likeness (QED) is 0.648. The fraction of sp³-hybridized carbons (Fsp3) is 0.625. The molecule has 110 valence electrons. The van der Waals surface area contributed by atoms with Crippen LogP contribution in [0.3, 0.4) is 0 Å². The Morgan fingerprint density at radius 3 is 2.50 bits per heavy atom. The number of hydrogen-bond donors (Lipinski definition) is 1. The number of nitrogens with zero attached hydrogens (tertiary/aromatic N) is 1. The Bertz CT molecular complexity index is 523. The van der Waals surface area contributed by atoms with Gasteiger partial charge in [-0.15, -0.1) is 0 Å². The summed E-state index contributed by atoms with van der Waals surface area (Å²) in [6.45, 7) is 8.40. The fourth-order valence-corrected chi connectivity index (χ4v) is 3.02. The van der Waals surface area contributed by atoms with E-state index in [-0.39, 0.29) is 16.0 Å². The van der Waals surface area contributed by atoms with Crippen molar-refractivity contribution in [3.8, 4) is 0 Å². The van der Waals surface area contributed by atoms with Crippen molar-refractivity contribution >= 4 is 11.4 Å². The van der Waals surface area contributed by atoms with Crippen LogP contribution in [-0.2, 0) is 0 Å². The van der Waals surface area contributed by atoms with Gasteiger partial charge in [0.15, 0.2) is 0 Å². The number of rotatable bonds is 3. The van der Waals surface area contributed by atoms with Crippen molar-refractivity contribution in [3.63, 3.8) is 0 Å². The van der Waals surface area contributed by atoms with Crippen LogP contribution in [0, 0.1) is 29.4 Å². The van der Waals surface area contributed by atoms with E-state index in [1.165, 1.54) is 19.3 Å². The Morgan fingerprint density at radius 1 is 1.25 bits per heavy atom. The minimum absolute atomic E-state index is 0.185. The number of nitrogens with one attached hydrogen (secondary N) is 1. The Kier molecular flexibility index (Phi) is 4.02. The maximum atomic E-state index is 11.3. The van der Waals surface area contributed by atoms with Gasteiger partial charge in [0.05, 0.1) is 4.92 Å². The molecule has 1 aliphatic rings. The van der Waals surface area contributed by atoms with Crippen LogP contribution >= 0.6 is 0 Å². The van der Waals surface area contributed by atoms with Gasteiger partial charge >= 0.3 is 0 Å². The third-order valence-corrected chi connectivity index (χ3v) is 4.65. The Labute approximate surface area is 120 Å². The summed E-state index contributed by atoms with van der Waals surface area (Å²) >= 11 is 0. The van der Waals surface area contributed by atoms with E-state index in [1.54, 1.807) is 6.07 Å². The second-order valence-corrected chi connectivity index (χ2v) is 6.64. The average molecular weight is 276 g/mol. The lowest BCUT2D eigenvalue weighted by atomic mass is 9.73. The lowest BCUT2D eigenvalue weighted by Crippen LogP contribution is -2.39. The molecule has 0 aliphatic heterocycles. The van der Waals surface area contributed by atoms with Gasteiger partial charge in [0.25, 0.3) is 5.69 Å². The predicted octanol–water partition coefficient (Wildman–Crippen LogP) is 4.59. The maximum absolute atomic E-state index is 11.3. The van der Waals surface area contributed by atoms with Crippen molar-refractivity contribution in [2.24, 2.45) is 5.41 Å². The maximum Gasteiger partial charge on any atom is 0.292 e. The highest BCUT2D eigenvalue weighted by atomic mass is 16.6. The highest BCUT2D eigenvalue weighted by Gasteiger charge is 2.33. The first-order chi connectivity index (χ1) is 9.31.